The van der Waals surface area contributed by atoms with Gasteiger partial charge in [-0.15, -0.1) is 0 Å². The van der Waals surface area contributed by atoms with Gasteiger partial charge in [-0.05, 0) is 56.0 Å². The molecule has 2 aromatic rings. The molecular weight excluding hydrogens is 274 g/mol. The van der Waals surface area contributed by atoms with Crippen LogP contribution >= 0.6 is 0 Å². The lowest BCUT2D eigenvalue weighted by Gasteiger charge is -2.32. The van der Waals surface area contributed by atoms with Crippen molar-refractivity contribution >= 4 is 0 Å². The van der Waals surface area contributed by atoms with E-state index in [9.17, 15) is 0 Å². The summed E-state index contributed by atoms with van der Waals surface area (Å²) >= 11 is 0. The number of aromatic nitrogens is 1. The molecule has 2 aromatic heterocycles. The summed E-state index contributed by atoms with van der Waals surface area (Å²) in [7, 11) is 0. The molecule has 1 aliphatic heterocycles. The average Bonchev–Trinajstić information content (AvgIpc) is 3.01. The summed E-state index contributed by atoms with van der Waals surface area (Å²) in [6.45, 7) is 8.31. The number of pyridine rings is 1. The van der Waals surface area contributed by atoms with Gasteiger partial charge >= 0.3 is 0 Å². The molecular formula is C18H25N3O. The molecule has 0 radical (unpaired) electrons. The third-order valence-electron chi connectivity index (χ3n) is 4.48. The predicted octanol–water partition coefficient (Wildman–Crippen LogP) is 3.05. The predicted molar refractivity (Wildman–Crippen MR) is 87.6 cm³/mol. The zero-order chi connectivity index (χ0) is 15.4. The van der Waals surface area contributed by atoms with E-state index in [2.05, 4.69) is 34.3 Å². The Morgan fingerprint density at radius 1 is 1.32 bits per heavy atom. The minimum atomic E-state index is 0.605. The van der Waals surface area contributed by atoms with Gasteiger partial charge in [0.25, 0.3) is 0 Å². The Hall–Kier alpha value is -1.65. The van der Waals surface area contributed by atoms with E-state index in [1.807, 2.05) is 19.2 Å². The molecule has 0 aromatic carbocycles. The Kier molecular flexibility index (Phi) is 4.90. The highest BCUT2D eigenvalue weighted by molar-refractivity contribution is 5.24. The first-order valence-electron chi connectivity index (χ1n) is 8.11. The van der Waals surface area contributed by atoms with Crippen molar-refractivity contribution < 1.29 is 4.42 Å². The maximum atomic E-state index is 5.43. The van der Waals surface area contributed by atoms with E-state index in [0.717, 1.165) is 37.6 Å². The summed E-state index contributed by atoms with van der Waals surface area (Å²) in [6, 6.07) is 6.77. The first-order chi connectivity index (χ1) is 10.7. The minimum absolute atomic E-state index is 0.605. The number of aryl methyl sites for hydroxylation is 2. The fraction of sp³-hybridized carbons (Fsp3) is 0.500. The lowest BCUT2D eigenvalue weighted by molar-refractivity contribution is 0.178. The molecule has 0 aliphatic carbocycles. The number of furan rings is 1. The molecule has 1 saturated heterocycles. The van der Waals surface area contributed by atoms with Crippen molar-refractivity contribution in [2.24, 2.45) is 0 Å². The van der Waals surface area contributed by atoms with Crippen LogP contribution in [0, 0.1) is 13.8 Å². The van der Waals surface area contributed by atoms with Crippen molar-refractivity contribution in [1.29, 1.82) is 0 Å². The van der Waals surface area contributed by atoms with E-state index >= 15 is 0 Å². The molecule has 0 bridgehead atoms. The highest BCUT2D eigenvalue weighted by atomic mass is 16.3. The monoisotopic (exact) mass is 299 g/mol. The fourth-order valence-corrected chi connectivity index (χ4v) is 3.08. The van der Waals surface area contributed by atoms with Crippen LogP contribution in [0.5, 0.6) is 0 Å². The molecule has 0 amide bonds. The molecule has 1 aliphatic rings. The number of rotatable bonds is 5. The van der Waals surface area contributed by atoms with Crippen molar-refractivity contribution in [3.8, 4) is 0 Å². The molecule has 4 heteroatoms. The van der Waals surface area contributed by atoms with Gasteiger partial charge in [-0.1, -0.05) is 0 Å². The van der Waals surface area contributed by atoms with Crippen LogP contribution in [0.1, 0.15) is 35.4 Å². The van der Waals surface area contributed by atoms with Crippen molar-refractivity contribution in [3.63, 3.8) is 0 Å². The molecule has 3 heterocycles. The van der Waals surface area contributed by atoms with Crippen LogP contribution in [0.25, 0.3) is 0 Å². The van der Waals surface area contributed by atoms with E-state index in [4.69, 9.17) is 4.42 Å². The van der Waals surface area contributed by atoms with Crippen molar-refractivity contribution in [2.75, 3.05) is 13.1 Å². The second kappa shape index (κ2) is 7.07. The summed E-state index contributed by atoms with van der Waals surface area (Å²) in [5, 5.41) is 3.69. The zero-order valence-electron chi connectivity index (χ0n) is 13.5. The zero-order valence-corrected chi connectivity index (χ0v) is 13.5. The molecule has 118 valence electrons. The van der Waals surface area contributed by atoms with Crippen molar-refractivity contribution in [1.82, 2.24) is 15.2 Å². The molecule has 0 atom stereocenters. The summed E-state index contributed by atoms with van der Waals surface area (Å²) < 4.78 is 5.43. The van der Waals surface area contributed by atoms with Crippen LogP contribution in [-0.4, -0.2) is 29.0 Å². The highest BCUT2D eigenvalue weighted by Gasteiger charge is 2.19. The van der Waals surface area contributed by atoms with E-state index < -0.39 is 0 Å². The molecule has 1 fully saturated rings. The summed E-state index contributed by atoms with van der Waals surface area (Å²) in [6.07, 6.45) is 6.14. The number of nitrogens with zero attached hydrogens (tertiary/aromatic N) is 2. The largest absolute Gasteiger partial charge is 0.468 e. The molecule has 22 heavy (non-hydrogen) atoms. The lowest BCUT2D eigenvalue weighted by Crippen LogP contribution is -2.41. The van der Waals surface area contributed by atoms with Gasteiger partial charge in [0.15, 0.2) is 0 Å². The van der Waals surface area contributed by atoms with Gasteiger partial charge in [-0.2, -0.15) is 0 Å². The number of likely N-dealkylation sites (tertiary alicyclic amines) is 1. The molecule has 0 saturated carbocycles. The Balaban J connectivity index is 1.44. The maximum absolute atomic E-state index is 5.43. The van der Waals surface area contributed by atoms with Crippen molar-refractivity contribution in [3.05, 3.63) is 53.2 Å². The van der Waals surface area contributed by atoms with Gasteiger partial charge in [0.05, 0.1) is 12.8 Å². The van der Waals surface area contributed by atoms with Gasteiger partial charge in [0.1, 0.15) is 5.76 Å². The second-order valence-electron chi connectivity index (χ2n) is 6.26. The quantitative estimate of drug-likeness (QED) is 0.921. The topological polar surface area (TPSA) is 41.3 Å². The van der Waals surface area contributed by atoms with Crippen LogP contribution in [0.2, 0.25) is 0 Å². The smallest absolute Gasteiger partial charge is 0.117 e. The first kappa shape index (κ1) is 15.3. The molecule has 4 nitrogen and oxygen atoms in total. The van der Waals surface area contributed by atoms with Crippen LogP contribution < -0.4 is 5.32 Å². The van der Waals surface area contributed by atoms with E-state index in [0.29, 0.717) is 6.04 Å². The Labute approximate surface area is 132 Å². The van der Waals surface area contributed by atoms with Gasteiger partial charge in [-0.3, -0.25) is 9.88 Å². The van der Waals surface area contributed by atoms with Gasteiger partial charge in [-0.25, -0.2) is 0 Å². The van der Waals surface area contributed by atoms with Gasteiger partial charge in [0.2, 0.25) is 0 Å². The van der Waals surface area contributed by atoms with Crippen LogP contribution in [-0.2, 0) is 13.1 Å². The van der Waals surface area contributed by atoms with Crippen LogP contribution in [0.4, 0.5) is 0 Å². The third-order valence-corrected chi connectivity index (χ3v) is 4.48. The average molecular weight is 299 g/mol. The summed E-state index contributed by atoms with van der Waals surface area (Å²) in [5.41, 5.74) is 3.73. The maximum Gasteiger partial charge on any atom is 0.117 e. The lowest BCUT2D eigenvalue weighted by atomic mass is 10.0. The fourth-order valence-electron chi connectivity index (χ4n) is 3.08. The third kappa shape index (κ3) is 3.96. The first-order valence-corrected chi connectivity index (χ1v) is 8.11. The Morgan fingerprint density at radius 3 is 2.82 bits per heavy atom. The number of hydrogen-bond donors (Lipinski definition) is 1. The number of nitrogens with one attached hydrogen (secondary N) is 1. The van der Waals surface area contributed by atoms with E-state index in [1.165, 1.54) is 24.0 Å². The van der Waals surface area contributed by atoms with Crippen molar-refractivity contribution in [2.45, 2.75) is 45.8 Å². The summed E-state index contributed by atoms with van der Waals surface area (Å²) in [5.74, 6) is 1.06. The molecule has 0 unspecified atom stereocenters. The van der Waals surface area contributed by atoms with Gasteiger partial charge in [0, 0.05) is 37.6 Å². The normalized spacial score (nSPS) is 17.0. The second-order valence-corrected chi connectivity index (χ2v) is 6.26. The SMILES string of the molecule is Cc1cc(C)c(CNC2CCN(Cc3ccco3)CC2)cn1. The standard InChI is InChI=1S/C18H25N3O/c1-14-10-15(2)19-11-16(14)12-20-17-5-7-21(8-6-17)13-18-4-3-9-22-18/h3-4,9-11,17,20H,5-8,12-13H2,1-2H3. The molecule has 3 rings (SSSR count). The van der Waals surface area contributed by atoms with Crippen LogP contribution in [0.3, 0.4) is 0 Å². The van der Waals surface area contributed by atoms with E-state index in [1.54, 1.807) is 6.26 Å². The van der Waals surface area contributed by atoms with Crippen LogP contribution in [0.15, 0.2) is 35.1 Å². The number of piperidine rings is 1. The molecule has 0 spiro atoms. The molecule has 1 N–H and O–H groups in total. The van der Waals surface area contributed by atoms with Gasteiger partial charge < -0.3 is 9.73 Å². The Morgan fingerprint density at radius 2 is 2.14 bits per heavy atom. The Bertz CT molecular complexity index is 586. The summed E-state index contributed by atoms with van der Waals surface area (Å²) in [4.78, 5) is 6.87. The number of hydrogen-bond acceptors (Lipinski definition) is 4. The van der Waals surface area contributed by atoms with E-state index in [-0.39, 0.29) is 0 Å². The highest BCUT2D eigenvalue weighted by Crippen LogP contribution is 2.15. The minimum Gasteiger partial charge on any atom is -0.468 e.